The number of carbonyl (C=O) groups excluding carboxylic acids is 1. The molecule has 2 aromatic rings. The summed E-state index contributed by atoms with van der Waals surface area (Å²) in [7, 11) is 0. The fourth-order valence-electron chi connectivity index (χ4n) is 3.55. The van der Waals surface area contributed by atoms with Crippen LogP contribution in [-0.4, -0.2) is 32.1 Å². The minimum absolute atomic E-state index is 0.0435. The van der Waals surface area contributed by atoms with Gasteiger partial charge in [0.25, 0.3) is 0 Å². The number of nitrogens with one attached hydrogen (secondary N) is 1. The van der Waals surface area contributed by atoms with Gasteiger partial charge in [-0.25, -0.2) is 4.39 Å². The lowest BCUT2D eigenvalue weighted by Gasteiger charge is -2.26. The van der Waals surface area contributed by atoms with Gasteiger partial charge in [0.05, 0.1) is 18.8 Å². The topological polar surface area (TPSA) is 63.0 Å². The maximum atomic E-state index is 14.0. The lowest BCUT2D eigenvalue weighted by Crippen LogP contribution is -3.12. The van der Waals surface area contributed by atoms with Gasteiger partial charge in [0.2, 0.25) is 5.78 Å². The molecule has 0 aromatic heterocycles. The zero-order valence-corrected chi connectivity index (χ0v) is 15.0. The van der Waals surface area contributed by atoms with Crippen molar-refractivity contribution in [3.8, 4) is 11.5 Å². The molecular formula is C21H20FNO4. The van der Waals surface area contributed by atoms with Crippen LogP contribution in [0.2, 0.25) is 0 Å². The third-order valence-corrected chi connectivity index (χ3v) is 5.02. The number of halogens is 1. The van der Waals surface area contributed by atoms with Gasteiger partial charge in [-0.3, -0.25) is 4.79 Å². The van der Waals surface area contributed by atoms with E-state index in [9.17, 15) is 14.3 Å². The number of carbonyl (C=O) groups is 1. The molecule has 0 saturated carbocycles. The lowest BCUT2D eigenvalue weighted by atomic mass is 9.99. The molecule has 4 rings (SSSR count). The van der Waals surface area contributed by atoms with Crippen molar-refractivity contribution in [3.05, 3.63) is 64.2 Å². The molecular weight excluding hydrogens is 349 g/mol. The Morgan fingerprint density at radius 2 is 2.00 bits per heavy atom. The van der Waals surface area contributed by atoms with Crippen molar-refractivity contribution in [2.75, 3.05) is 26.3 Å². The van der Waals surface area contributed by atoms with E-state index in [4.69, 9.17) is 9.47 Å². The average molecular weight is 369 g/mol. The van der Waals surface area contributed by atoms with Gasteiger partial charge in [-0.15, -0.1) is 0 Å². The number of morpholine rings is 1. The summed E-state index contributed by atoms with van der Waals surface area (Å²) in [6.45, 7) is 5.09. The Morgan fingerprint density at radius 1 is 1.26 bits per heavy atom. The Balaban J connectivity index is 1.72. The lowest BCUT2D eigenvalue weighted by molar-refractivity contribution is -0.921. The summed E-state index contributed by atoms with van der Waals surface area (Å²) in [6, 6.07) is 7.66. The van der Waals surface area contributed by atoms with Crippen LogP contribution in [-0.2, 0) is 11.3 Å². The highest BCUT2D eigenvalue weighted by Crippen LogP contribution is 2.40. The minimum Gasteiger partial charge on any atom is -0.872 e. The highest BCUT2D eigenvalue weighted by molar-refractivity contribution is 6.15. The largest absolute Gasteiger partial charge is 0.872 e. The second-order valence-corrected chi connectivity index (χ2v) is 6.87. The first-order chi connectivity index (χ1) is 13.0. The predicted octanol–water partition coefficient (Wildman–Crippen LogP) is 1.24. The Labute approximate surface area is 156 Å². The number of fused-ring (bicyclic) bond motifs is 1. The molecule has 5 nitrogen and oxygen atoms in total. The molecule has 1 N–H and O–H groups in total. The van der Waals surface area contributed by atoms with Crippen LogP contribution in [0, 0.1) is 12.7 Å². The average Bonchev–Trinajstić information content (AvgIpc) is 2.98. The number of allylic oxidation sites excluding steroid dienone is 1. The van der Waals surface area contributed by atoms with E-state index in [1.807, 2.05) is 0 Å². The molecule has 140 valence electrons. The van der Waals surface area contributed by atoms with E-state index in [0.29, 0.717) is 42.2 Å². The molecule has 6 heteroatoms. The van der Waals surface area contributed by atoms with Gasteiger partial charge in [0, 0.05) is 11.1 Å². The van der Waals surface area contributed by atoms with Crippen LogP contribution in [0.4, 0.5) is 4.39 Å². The number of aryl methyl sites for hydroxylation is 1. The van der Waals surface area contributed by atoms with Crippen molar-refractivity contribution in [1.29, 1.82) is 0 Å². The van der Waals surface area contributed by atoms with E-state index in [-0.39, 0.29) is 22.9 Å². The van der Waals surface area contributed by atoms with Crippen molar-refractivity contribution in [2.24, 2.45) is 0 Å². The molecule has 0 spiro atoms. The number of hydrogen-bond donors (Lipinski definition) is 1. The van der Waals surface area contributed by atoms with E-state index in [1.165, 1.54) is 23.1 Å². The van der Waals surface area contributed by atoms with Crippen molar-refractivity contribution < 1.29 is 28.7 Å². The van der Waals surface area contributed by atoms with Crippen LogP contribution in [0.5, 0.6) is 11.5 Å². The number of ketones is 1. The van der Waals surface area contributed by atoms with Crippen LogP contribution in [0.1, 0.15) is 27.0 Å². The highest BCUT2D eigenvalue weighted by atomic mass is 19.1. The van der Waals surface area contributed by atoms with Gasteiger partial charge in [-0.1, -0.05) is 30.0 Å². The van der Waals surface area contributed by atoms with Gasteiger partial charge in [0.1, 0.15) is 31.2 Å². The van der Waals surface area contributed by atoms with Crippen LogP contribution >= 0.6 is 0 Å². The zero-order chi connectivity index (χ0) is 19.0. The van der Waals surface area contributed by atoms with Gasteiger partial charge in [-0.2, -0.15) is 0 Å². The fourth-order valence-corrected chi connectivity index (χ4v) is 3.55. The number of hydrogen-bond acceptors (Lipinski definition) is 4. The highest BCUT2D eigenvalue weighted by Gasteiger charge is 2.33. The number of benzene rings is 2. The molecule has 0 amide bonds. The van der Waals surface area contributed by atoms with E-state index in [1.54, 1.807) is 25.1 Å². The quantitative estimate of drug-likeness (QED) is 0.827. The van der Waals surface area contributed by atoms with Gasteiger partial charge >= 0.3 is 0 Å². The summed E-state index contributed by atoms with van der Waals surface area (Å²) in [6.07, 6.45) is 1.40. The minimum atomic E-state index is -0.434. The maximum Gasteiger partial charge on any atom is 0.232 e. The SMILES string of the molecule is Cc1cc([O-])c(C[NH+]2CCOCC2)c2c1C(=O)/C(=C/c1ccccc1F)O2. The summed E-state index contributed by atoms with van der Waals surface area (Å²) in [5.41, 5.74) is 1.75. The molecule has 2 aromatic carbocycles. The van der Waals surface area contributed by atoms with E-state index in [0.717, 1.165) is 13.1 Å². The zero-order valence-electron chi connectivity index (χ0n) is 15.0. The molecule has 0 atom stereocenters. The Kier molecular flexibility index (Phi) is 4.68. The molecule has 0 bridgehead atoms. The molecule has 0 aliphatic carbocycles. The third kappa shape index (κ3) is 3.34. The molecule has 0 unspecified atom stereocenters. The monoisotopic (exact) mass is 369 g/mol. The normalized spacial score (nSPS) is 18.6. The molecule has 2 aliphatic rings. The van der Waals surface area contributed by atoms with Crippen molar-refractivity contribution >= 4 is 11.9 Å². The number of rotatable bonds is 3. The predicted molar refractivity (Wildman–Crippen MR) is 95.2 cm³/mol. The molecule has 1 saturated heterocycles. The number of quaternary nitrogens is 1. The Morgan fingerprint density at radius 3 is 2.74 bits per heavy atom. The van der Waals surface area contributed by atoms with Crippen LogP contribution in [0.3, 0.4) is 0 Å². The molecule has 2 aliphatic heterocycles. The van der Waals surface area contributed by atoms with Crippen LogP contribution in [0.15, 0.2) is 36.1 Å². The van der Waals surface area contributed by atoms with Gasteiger partial charge in [0.15, 0.2) is 5.76 Å². The molecule has 0 radical (unpaired) electrons. The standard InChI is InChI=1S/C21H20FNO4/c1-13-10-17(24)15(12-23-6-8-26-9-7-23)21-19(13)20(25)18(27-21)11-14-4-2-3-5-16(14)22/h2-5,10-11,24H,6-9,12H2,1H3/b18-11-. The Bertz CT molecular complexity index is 932. The summed E-state index contributed by atoms with van der Waals surface area (Å²) < 4.78 is 25.1. The summed E-state index contributed by atoms with van der Waals surface area (Å²) >= 11 is 0. The van der Waals surface area contributed by atoms with Crippen molar-refractivity contribution in [1.82, 2.24) is 0 Å². The van der Waals surface area contributed by atoms with Crippen LogP contribution < -0.4 is 14.7 Å². The summed E-state index contributed by atoms with van der Waals surface area (Å²) in [5.74, 6) is -0.514. The molecule has 27 heavy (non-hydrogen) atoms. The van der Waals surface area contributed by atoms with Crippen molar-refractivity contribution in [3.63, 3.8) is 0 Å². The van der Waals surface area contributed by atoms with Crippen LogP contribution in [0.25, 0.3) is 6.08 Å². The van der Waals surface area contributed by atoms with E-state index < -0.39 is 5.82 Å². The number of ether oxygens (including phenoxy) is 2. The van der Waals surface area contributed by atoms with E-state index in [2.05, 4.69) is 0 Å². The molecule has 1 fully saturated rings. The second kappa shape index (κ2) is 7.13. The smallest absolute Gasteiger partial charge is 0.232 e. The summed E-state index contributed by atoms with van der Waals surface area (Å²) in [5, 5.41) is 12.6. The first-order valence-corrected chi connectivity index (χ1v) is 8.98. The fraction of sp³-hybridized carbons (Fsp3) is 0.286. The maximum absolute atomic E-state index is 14.0. The summed E-state index contributed by atoms with van der Waals surface area (Å²) in [4.78, 5) is 14.1. The molecule has 2 heterocycles. The number of Topliss-reactive ketones (excluding diaryl/α,β-unsaturated/α-hetero) is 1. The first-order valence-electron chi connectivity index (χ1n) is 8.98. The van der Waals surface area contributed by atoms with Gasteiger partial charge in [-0.05, 0) is 24.6 Å². The third-order valence-electron chi connectivity index (χ3n) is 5.02. The second-order valence-electron chi connectivity index (χ2n) is 6.87. The van der Waals surface area contributed by atoms with E-state index >= 15 is 0 Å². The first kappa shape index (κ1) is 17.7. The van der Waals surface area contributed by atoms with Gasteiger partial charge < -0.3 is 19.5 Å². The van der Waals surface area contributed by atoms with Crippen molar-refractivity contribution in [2.45, 2.75) is 13.5 Å². The Hall–Kier alpha value is -2.70.